The van der Waals surface area contributed by atoms with Gasteiger partial charge in [0.25, 0.3) is 5.91 Å². The molecule has 1 unspecified atom stereocenters. The number of carbonyl (C=O) groups excluding carboxylic acids is 1. The Morgan fingerprint density at radius 2 is 1.95 bits per heavy atom. The summed E-state index contributed by atoms with van der Waals surface area (Å²) in [5.74, 6) is -1.18. The number of carbonyl (C=O) groups is 2. The van der Waals surface area contributed by atoms with Crippen LogP contribution in [0.2, 0.25) is 10.0 Å². The van der Waals surface area contributed by atoms with Crippen LogP contribution in [-0.2, 0) is 4.79 Å². The van der Waals surface area contributed by atoms with Gasteiger partial charge in [0, 0.05) is 18.2 Å². The highest BCUT2D eigenvalue weighted by molar-refractivity contribution is 6.39. The number of nitrogens with zero attached hydrogens (tertiary/aromatic N) is 1. The number of likely N-dealkylation sites (tertiary alicyclic amines) is 1. The Balaban J connectivity index is 2.24. The van der Waals surface area contributed by atoms with Crippen LogP contribution in [0.4, 0.5) is 5.69 Å². The minimum Gasteiger partial charge on any atom is -0.481 e. The zero-order valence-electron chi connectivity index (χ0n) is 10.6. The van der Waals surface area contributed by atoms with Crippen molar-refractivity contribution in [2.24, 2.45) is 0 Å². The van der Waals surface area contributed by atoms with Crippen LogP contribution in [0.25, 0.3) is 0 Å². The first-order valence-corrected chi connectivity index (χ1v) is 6.93. The lowest BCUT2D eigenvalue weighted by molar-refractivity contribution is -0.137. The van der Waals surface area contributed by atoms with Crippen molar-refractivity contribution in [2.75, 3.05) is 12.3 Å². The molecule has 1 aliphatic heterocycles. The van der Waals surface area contributed by atoms with Crippen molar-refractivity contribution < 1.29 is 14.7 Å². The molecule has 108 valence electrons. The quantitative estimate of drug-likeness (QED) is 0.840. The van der Waals surface area contributed by atoms with E-state index in [0.29, 0.717) is 18.5 Å². The van der Waals surface area contributed by atoms with Crippen LogP contribution in [0.15, 0.2) is 12.1 Å². The number of benzene rings is 1. The normalized spacial score (nSPS) is 18.3. The summed E-state index contributed by atoms with van der Waals surface area (Å²) in [6, 6.07) is 2.64. The number of hydrogen-bond acceptors (Lipinski definition) is 3. The van der Waals surface area contributed by atoms with Gasteiger partial charge < -0.3 is 15.7 Å². The Morgan fingerprint density at radius 1 is 1.35 bits per heavy atom. The van der Waals surface area contributed by atoms with Crippen molar-refractivity contribution >= 4 is 40.8 Å². The summed E-state index contributed by atoms with van der Waals surface area (Å²) in [5, 5.41) is 9.31. The number of hydrogen-bond donors (Lipinski definition) is 2. The smallest absolute Gasteiger partial charge is 0.305 e. The molecule has 1 fully saturated rings. The van der Waals surface area contributed by atoms with Crippen LogP contribution in [0.3, 0.4) is 0 Å². The summed E-state index contributed by atoms with van der Waals surface area (Å²) in [4.78, 5) is 24.8. The number of carboxylic acids is 1. The van der Waals surface area contributed by atoms with E-state index in [9.17, 15) is 9.59 Å². The molecule has 3 N–H and O–H groups in total. The van der Waals surface area contributed by atoms with Crippen LogP contribution < -0.4 is 5.73 Å². The van der Waals surface area contributed by atoms with Crippen LogP contribution in [0, 0.1) is 0 Å². The summed E-state index contributed by atoms with van der Waals surface area (Å²) in [6.07, 6.45) is 1.43. The molecule has 0 saturated carbocycles. The molecule has 2 rings (SSSR count). The molecule has 1 aromatic rings. The third-order valence-electron chi connectivity index (χ3n) is 3.37. The Hall–Kier alpha value is -1.46. The molecule has 1 aromatic carbocycles. The van der Waals surface area contributed by atoms with Crippen LogP contribution in [0.1, 0.15) is 29.6 Å². The molecule has 5 nitrogen and oxygen atoms in total. The minimum atomic E-state index is -0.914. The van der Waals surface area contributed by atoms with Crippen LogP contribution in [-0.4, -0.2) is 34.5 Å². The average molecular weight is 317 g/mol. The zero-order valence-corrected chi connectivity index (χ0v) is 12.1. The van der Waals surface area contributed by atoms with Gasteiger partial charge in [0.05, 0.1) is 22.2 Å². The molecule has 1 atom stereocenters. The van der Waals surface area contributed by atoms with Gasteiger partial charge in [0.2, 0.25) is 0 Å². The van der Waals surface area contributed by atoms with Crippen molar-refractivity contribution in [3.63, 3.8) is 0 Å². The largest absolute Gasteiger partial charge is 0.481 e. The summed E-state index contributed by atoms with van der Waals surface area (Å²) in [5.41, 5.74) is 6.19. The van der Waals surface area contributed by atoms with Gasteiger partial charge in [-0.05, 0) is 25.0 Å². The summed E-state index contributed by atoms with van der Waals surface area (Å²) in [7, 11) is 0. The molecule has 0 aromatic heterocycles. The Morgan fingerprint density at radius 3 is 2.50 bits per heavy atom. The first-order valence-electron chi connectivity index (χ1n) is 6.17. The second-order valence-electron chi connectivity index (χ2n) is 4.75. The fourth-order valence-electron chi connectivity index (χ4n) is 2.39. The molecule has 1 heterocycles. The molecular formula is C13H14Cl2N2O3. The van der Waals surface area contributed by atoms with Crippen molar-refractivity contribution in [3.05, 3.63) is 27.7 Å². The van der Waals surface area contributed by atoms with Gasteiger partial charge in [-0.1, -0.05) is 23.2 Å². The maximum Gasteiger partial charge on any atom is 0.305 e. The van der Waals surface area contributed by atoms with Gasteiger partial charge in [-0.3, -0.25) is 9.59 Å². The number of rotatable bonds is 3. The lowest BCUT2D eigenvalue weighted by Crippen LogP contribution is -2.36. The SMILES string of the molecule is Nc1c(Cl)cc(C(=O)N2CCCC2CC(=O)O)cc1Cl. The van der Waals surface area contributed by atoms with E-state index in [1.807, 2.05) is 0 Å². The van der Waals surface area contributed by atoms with Gasteiger partial charge in [0.15, 0.2) is 0 Å². The minimum absolute atomic E-state index is 0.0534. The number of aliphatic carboxylic acids is 1. The van der Waals surface area contributed by atoms with Crippen LogP contribution >= 0.6 is 23.2 Å². The number of halogens is 2. The van der Waals surface area contributed by atoms with Crippen LogP contribution in [0.5, 0.6) is 0 Å². The van der Waals surface area contributed by atoms with E-state index in [0.717, 1.165) is 6.42 Å². The fourth-order valence-corrected chi connectivity index (χ4v) is 2.88. The number of nitrogen functional groups attached to an aromatic ring is 1. The van der Waals surface area contributed by atoms with E-state index < -0.39 is 5.97 Å². The number of carboxylic acid groups (broad SMARTS) is 1. The van der Waals surface area contributed by atoms with Crippen molar-refractivity contribution in [1.29, 1.82) is 0 Å². The molecule has 1 saturated heterocycles. The molecule has 0 spiro atoms. The zero-order chi connectivity index (χ0) is 14.9. The van der Waals surface area contributed by atoms with Crippen molar-refractivity contribution in [2.45, 2.75) is 25.3 Å². The second kappa shape index (κ2) is 5.89. The monoisotopic (exact) mass is 316 g/mol. The standard InChI is InChI=1S/C13H14Cl2N2O3/c14-9-4-7(5-10(15)12(9)16)13(20)17-3-1-2-8(17)6-11(18)19/h4-5,8H,1-3,6,16H2,(H,18,19). The molecule has 0 bridgehead atoms. The predicted octanol–water partition coefficient (Wildman–Crippen LogP) is 2.65. The van der Waals surface area contributed by atoms with E-state index >= 15 is 0 Å². The Kier molecular flexibility index (Phi) is 4.40. The molecule has 0 radical (unpaired) electrons. The Bertz CT molecular complexity index is 540. The predicted molar refractivity (Wildman–Crippen MR) is 77.2 cm³/mol. The summed E-state index contributed by atoms with van der Waals surface area (Å²) >= 11 is 11.8. The van der Waals surface area contributed by atoms with E-state index in [4.69, 9.17) is 34.0 Å². The van der Waals surface area contributed by atoms with Gasteiger partial charge in [0.1, 0.15) is 0 Å². The highest BCUT2D eigenvalue weighted by Gasteiger charge is 2.31. The van der Waals surface area contributed by atoms with E-state index in [-0.39, 0.29) is 34.1 Å². The topological polar surface area (TPSA) is 83.6 Å². The molecule has 7 heteroatoms. The van der Waals surface area contributed by atoms with Gasteiger partial charge in [-0.2, -0.15) is 0 Å². The van der Waals surface area contributed by atoms with Gasteiger partial charge in [-0.25, -0.2) is 0 Å². The maximum absolute atomic E-state index is 12.4. The first kappa shape index (κ1) is 14.9. The number of amides is 1. The summed E-state index contributed by atoms with van der Waals surface area (Å²) in [6.45, 7) is 0.538. The highest BCUT2D eigenvalue weighted by Crippen LogP contribution is 2.31. The van der Waals surface area contributed by atoms with Crippen molar-refractivity contribution in [3.8, 4) is 0 Å². The van der Waals surface area contributed by atoms with E-state index in [1.54, 1.807) is 4.90 Å². The lowest BCUT2D eigenvalue weighted by Gasteiger charge is -2.23. The fraction of sp³-hybridized carbons (Fsp3) is 0.385. The lowest BCUT2D eigenvalue weighted by atomic mass is 10.1. The van der Waals surface area contributed by atoms with Crippen molar-refractivity contribution in [1.82, 2.24) is 4.90 Å². The molecule has 1 amide bonds. The third kappa shape index (κ3) is 2.99. The summed E-state index contributed by atoms with van der Waals surface area (Å²) < 4.78 is 0. The molecular weight excluding hydrogens is 303 g/mol. The average Bonchev–Trinajstić information content (AvgIpc) is 2.81. The van der Waals surface area contributed by atoms with E-state index in [1.165, 1.54) is 12.1 Å². The molecule has 0 aliphatic carbocycles. The molecule has 1 aliphatic rings. The maximum atomic E-state index is 12.4. The van der Waals surface area contributed by atoms with E-state index in [2.05, 4.69) is 0 Å². The third-order valence-corrected chi connectivity index (χ3v) is 4.00. The Labute approximate surface area is 126 Å². The highest BCUT2D eigenvalue weighted by atomic mass is 35.5. The first-order chi connectivity index (χ1) is 9.40. The number of anilines is 1. The molecule has 20 heavy (non-hydrogen) atoms. The number of nitrogens with two attached hydrogens (primary N) is 1. The van der Waals surface area contributed by atoms with Gasteiger partial charge >= 0.3 is 5.97 Å². The van der Waals surface area contributed by atoms with Gasteiger partial charge in [-0.15, -0.1) is 0 Å². The second-order valence-corrected chi connectivity index (χ2v) is 5.56.